The normalized spacial score (nSPS) is 12.4. The molecule has 2 heteroatoms. The van der Waals surface area contributed by atoms with Crippen LogP contribution in [0.1, 0.15) is 25.8 Å². The highest BCUT2D eigenvalue weighted by molar-refractivity contribution is 5.51. The summed E-state index contributed by atoms with van der Waals surface area (Å²) in [6, 6.07) is 8.47. The highest BCUT2D eigenvalue weighted by Gasteiger charge is 2.03. The molecule has 0 radical (unpaired) electrons. The Bertz CT molecular complexity index is 299. The molecule has 0 aliphatic carbocycles. The molecule has 0 bridgehead atoms. The highest BCUT2D eigenvalue weighted by atomic mass is 16.5. The zero-order valence-corrected chi connectivity index (χ0v) is 10.6. The van der Waals surface area contributed by atoms with Crippen molar-refractivity contribution < 1.29 is 4.74 Å². The third-order valence-corrected chi connectivity index (χ3v) is 2.93. The number of ether oxygens (including phenoxy) is 1. The Morgan fingerprint density at radius 1 is 1.31 bits per heavy atom. The van der Waals surface area contributed by atoms with Crippen LogP contribution in [0.2, 0.25) is 0 Å². The summed E-state index contributed by atoms with van der Waals surface area (Å²) in [5, 5.41) is 3.52. The molecule has 2 nitrogen and oxygen atoms in total. The van der Waals surface area contributed by atoms with Gasteiger partial charge < -0.3 is 10.1 Å². The average Bonchev–Trinajstić information content (AvgIpc) is 2.34. The molecule has 0 spiro atoms. The SMILES string of the molecule is CCC(C)CNc1ccccc1CCOC. The fourth-order valence-electron chi connectivity index (χ4n) is 1.55. The zero-order chi connectivity index (χ0) is 11.8. The van der Waals surface area contributed by atoms with Crippen molar-refractivity contribution in [2.75, 3.05) is 25.6 Å². The minimum atomic E-state index is 0.718. The predicted octanol–water partition coefficient (Wildman–Crippen LogP) is 3.33. The van der Waals surface area contributed by atoms with Gasteiger partial charge in [-0.25, -0.2) is 0 Å². The molecule has 0 amide bonds. The van der Waals surface area contributed by atoms with Gasteiger partial charge in [-0.3, -0.25) is 0 Å². The molecule has 0 aliphatic heterocycles. The van der Waals surface area contributed by atoms with Gasteiger partial charge in [-0.2, -0.15) is 0 Å². The molecule has 0 fully saturated rings. The number of anilines is 1. The van der Waals surface area contributed by atoms with Gasteiger partial charge in [0.15, 0.2) is 0 Å². The van der Waals surface area contributed by atoms with E-state index in [0.717, 1.165) is 25.5 Å². The summed E-state index contributed by atoms with van der Waals surface area (Å²) in [4.78, 5) is 0. The second-order valence-corrected chi connectivity index (χ2v) is 4.29. The van der Waals surface area contributed by atoms with Crippen molar-refractivity contribution in [2.45, 2.75) is 26.7 Å². The standard InChI is InChI=1S/C14H23NO/c1-4-12(2)11-15-14-8-6-5-7-13(14)9-10-16-3/h5-8,12,15H,4,9-11H2,1-3H3. The number of benzene rings is 1. The Balaban J connectivity index is 2.56. The lowest BCUT2D eigenvalue weighted by molar-refractivity contribution is 0.202. The van der Waals surface area contributed by atoms with E-state index < -0.39 is 0 Å². The van der Waals surface area contributed by atoms with Crippen molar-refractivity contribution in [3.63, 3.8) is 0 Å². The summed E-state index contributed by atoms with van der Waals surface area (Å²) < 4.78 is 5.12. The van der Waals surface area contributed by atoms with E-state index in [9.17, 15) is 0 Å². The Kier molecular flexibility index (Phi) is 5.94. The Morgan fingerprint density at radius 2 is 2.06 bits per heavy atom. The summed E-state index contributed by atoms with van der Waals surface area (Å²) in [6.07, 6.45) is 2.19. The smallest absolute Gasteiger partial charge is 0.0503 e. The topological polar surface area (TPSA) is 21.3 Å². The summed E-state index contributed by atoms with van der Waals surface area (Å²) in [5.74, 6) is 0.718. The van der Waals surface area contributed by atoms with Gasteiger partial charge in [0.2, 0.25) is 0 Å². The first kappa shape index (κ1) is 13.0. The maximum atomic E-state index is 5.12. The van der Waals surface area contributed by atoms with Crippen LogP contribution in [0.3, 0.4) is 0 Å². The molecule has 1 N–H and O–H groups in total. The van der Waals surface area contributed by atoms with Gasteiger partial charge >= 0.3 is 0 Å². The van der Waals surface area contributed by atoms with Crippen LogP contribution < -0.4 is 5.32 Å². The molecule has 0 heterocycles. The van der Waals surface area contributed by atoms with Gasteiger partial charge in [0, 0.05) is 19.3 Å². The number of hydrogen-bond acceptors (Lipinski definition) is 2. The van der Waals surface area contributed by atoms with E-state index in [4.69, 9.17) is 4.74 Å². The van der Waals surface area contributed by atoms with Crippen LogP contribution in [0.5, 0.6) is 0 Å². The maximum absolute atomic E-state index is 5.12. The maximum Gasteiger partial charge on any atom is 0.0503 e. The fourth-order valence-corrected chi connectivity index (χ4v) is 1.55. The number of nitrogens with one attached hydrogen (secondary N) is 1. The molecule has 16 heavy (non-hydrogen) atoms. The first-order valence-electron chi connectivity index (χ1n) is 6.08. The first-order chi connectivity index (χ1) is 7.77. The second-order valence-electron chi connectivity index (χ2n) is 4.29. The van der Waals surface area contributed by atoms with Crippen molar-refractivity contribution in [3.05, 3.63) is 29.8 Å². The summed E-state index contributed by atoms with van der Waals surface area (Å²) >= 11 is 0. The van der Waals surface area contributed by atoms with Crippen LogP contribution >= 0.6 is 0 Å². The summed E-state index contributed by atoms with van der Waals surface area (Å²) in [5.41, 5.74) is 2.59. The molecule has 0 saturated carbocycles. The predicted molar refractivity (Wildman–Crippen MR) is 70.0 cm³/mol. The van der Waals surface area contributed by atoms with Gasteiger partial charge in [0.1, 0.15) is 0 Å². The van der Waals surface area contributed by atoms with Crippen molar-refractivity contribution in [1.82, 2.24) is 0 Å². The Labute approximate surface area is 99.0 Å². The van der Waals surface area contributed by atoms with Crippen LogP contribution in [0, 0.1) is 5.92 Å². The first-order valence-corrected chi connectivity index (χ1v) is 6.08. The molecule has 1 aromatic rings. The van der Waals surface area contributed by atoms with E-state index in [1.807, 2.05) is 0 Å². The number of rotatable bonds is 7. The molecule has 1 rings (SSSR count). The summed E-state index contributed by atoms with van der Waals surface area (Å²) in [6.45, 7) is 6.32. The monoisotopic (exact) mass is 221 g/mol. The number of methoxy groups -OCH3 is 1. The van der Waals surface area contributed by atoms with Crippen molar-refractivity contribution in [2.24, 2.45) is 5.92 Å². The Hall–Kier alpha value is -1.02. The van der Waals surface area contributed by atoms with E-state index in [-0.39, 0.29) is 0 Å². The van der Waals surface area contributed by atoms with Crippen LogP contribution in [0.25, 0.3) is 0 Å². The van der Waals surface area contributed by atoms with Crippen LogP contribution in [0.4, 0.5) is 5.69 Å². The van der Waals surface area contributed by atoms with Gasteiger partial charge in [-0.15, -0.1) is 0 Å². The molecule has 1 atom stereocenters. The fraction of sp³-hybridized carbons (Fsp3) is 0.571. The van der Waals surface area contributed by atoms with Gasteiger partial charge in [0.25, 0.3) is 0 Å². The quantitative estimate of drug-likeness (QED) is 0.762. The average molecular weight is 221 g/mol. The van der Waals surface area contributed by atoms with Crippen LogP contribution in [-0.2, 0) is 11.2 Å². The molecular weight excluding hydrogens is 198 g/mol. The van der Waals surface area contributed by atoms with Crippen molar-refractivity contribution >= 4 is 5.69 Å². The van der Waals surface area contributed by atoms with Crippen LogP contribution in [0.15, 0.2) is 24.3 Å². The van der Waals surface area contributed by atoms with Gasteiger partial charge in [0.05, 0.1) is 6.61 Å². The molecule has 0 aliphatic rings. The zero-order valence-electron chi connectivity index (χ0n) is 10.6. The molecular formula is C14H23NO. The van der Waals surface area contributed by atoms with Gasteiger partial charge in [-0.05, 0) is 24.0 Å². The molecule has 90 valence electrons. The molecule has 1 unspecified atom stereocenters. The molecule has 0 saturated heterocycles. The van der Waals surface area contributed by atoms with E-state index in [1.165, 1.54) is 17.7 Å². The lowest BCUT2D eigenvalue weighted by Crippen LogP contribution is -2.12. The van der Waals surface area contributed by atoms with E-state index >= 15 is 0 Å². The van der Waals surface area contributed by atoms with E-state index in [2.05, 4.69) is 43.4 Å². The molecule has 1 aromatic carbocycles. The van der Waals surface area contributed by atoms with Gasteiger partial charge in [-0.1, -0.05) is 38.5 Å². The van der Waals surface area contributed by atoms with E-state index in [0.29, 0.717) is 0 Å². The largest absolute Gasteiger partial charge is 0.385 e. The van der Waals surface area contributed by atoms with Crippen molar-refractivity contribution in [3.8, 4) is 0 Å². The molecule has 0 aromatic heterocycles. The number of para-hydroxylation sites is 1. The lowest BCUT2D eigenvalue weighted by atomic mass is 10.1. The minimum Gasteiger partial charge on any atom is -0.385 e. The minimum absolute atomic E-state index is 0.718. The number of hydrogen-bond donors (Lipinski definition) is 1. The Morgan fingerprint density at radius 3 is 2.75 bits per heavy atom. The second kappa shape index (κ2) is 7.29. The van der Waals surface area contributed by atoms with Crippen LogP contribution in [-0.4, -0.2) is 20.3 Å². The van der Waals surface area contributed by atoms with Crippen molar-refractivity contribution in [1.29, 1.82) is 0 Å². The lowest BCUT2D eigenvalue weighted by Gasteiger charge is -2.14. The van der Waals surface area contributed by atoms with E-state index in [1.54, 1.807) is 7.11 Å². The third kappa shape index (κ3) is 4.23. The highest BCUT2D eigenvalue weighted by Crippen LogP contribution is 2.16. The third-order valence-electron chi connectivity index (χ3n) is 2.93. The summed E-state index contributed by atoms with van der Waals surface area (Å²) in [7, 11) is 1.75.